The van der Waals surface area contributed by atoms with Crippen LogP contribution in [-0.2, 0) is 23.1 Å². The molecule has 0 bridgehead atoms. The third-order valence-corrected chi connectivity index (χ3v) is 3.53. The van der Waals surface area contributed by atoms with E-state index in [9.17, 15) is 4.79 Å². The number of rotatable bonds is 8. The summed E-state index contributed by atoms with van der Waals surface area (Å²) in [7, 11) is 5.43. The summed E-state index contributed by atoms with van der Waals surface area (Å²) in [4.78, 5) is 18.3. The highest BCUT2D eigenvalue weighted by atomic mass is 16.5. The lowest BCUT2D eigenvalue weighted by molar-refractivity contribution is -0.148. The van der Waals surface area contributed by atoms with Crippen LogP contribution < -0.4 is 5.32 Å². The van der Waals surface area contributed by atoms with Crippen LogP contribution in [0.4, 0.5) is 0 Å². The van der Waals surface area contributed by atoms with E-state index in [1.54, 1.807) is 6.20 Å². The summed E-state index contributed by atoms with van der Waals surface area (Å²) in [5.41, 5.74) is -0.639. The van der Waals surface area contributed by atoms with Crippen molar-refractivity contribution in [1.82, 2.24) is 19.8 Å². The molecular formula is C14H26N4O2. The first-order chi connectivity index (χ1) is 9.42. The van der Waals surface area contributed by atoms with Crippen LogP contribution in [-0.4, -0.2) is 53.2 Å². The Morgan fingerprint density at radius 2 is 2.30 bits per heavy atom. The quantitative estimate of drug-likeness (QED) is 0.714. The second-order valence-corrected chi connectivity index (χ2v) is 5.30. The van der Waals surface area contributed by atoms with Crippen molar-refractivity contribution in [3.63, 3.8) is 0 Å². The highest BCUT2D eigenvalue weighted by molar-refractivity contribution is 5.80. The molecule has 1 aromatic heterocycles. The van der Waals surface area contributed by atoms with Gasteiger partial charge in [0, 0.05) is 26.0 Å². The van der Waals surface area contributed by atoms with E-state index in [1.165, 1.54) is 7.11 Å². The Morgan fingerprint density at radius 3 is 2.80 bits per heavy atom. The van der Waals surface area contributed by atoms with E-state index in [2.05, 4.69) is 15.2 Å². The SMILES string of the molecule is CCNC(C)(CCN(C)Cc1nccn1C)C(=O)OC. The number of nitrogens with zero attached hydrogens (tertiary/aromatic N) is 3. The number of imidazole rings is 1. The molecule has 0 saturated carbocycles. The molecule has 1 heterocycles. The maximum atomic E-state index is 11.9. The summed E-state index contributed by atoms with van der Waals surface area (Å²) in [5.74, 6) is 0.792. The minimum absolute atomic E-state index is 0.218. The molecule has 0 aliphatic rings. The molecule has 20 heavy (non-hydrogen) atoms. The summed E-state index contributed by atoms with van der Waals surface area (Å²) in [5, 5.41) is 3.21. The fraction of sp³-hybridized carbons (Fsp3) is 0.714. The minimum Gasteiger partial charge on any atom is -0.468 e. The molecule has 0 aromatic carbocycles. The van der Waals surface area contributed by atoms with Gasteiger partial charge in [-0.25, -0.2) is 4.98 Å². The van der Waals surface area contributed by atoms with Crippen LogP contribution in [0.1, 0.15) is 26.1 Å². The number of hydrogen-bond acceptors (Lipinski definition) is 5. The molecule has 1 unspecified atom stereocenters. The zero-order chi connectivity index (χ0) is 15.2. The summed E-state index contributed by atoms with van der Waals surface area (Å²) in [6.07, 6.45) is 4.41. The molecule has 0 aliphatic heterocycles. The Labute approximate surface area is 121 Å². The Morgan fingerprint density at radius 1 is 1.60 bits per heavy atom. The van der Waals surface area contributed by atoms with Gasteiger partial charge in [0.05, 0.1) is 13.7 Å². The van der Waals surface area contributed by atoms with Gasteiger partial charge in [0.15, 0.2) is 0 Å². The number of carbonyl (C=O) groups excluding carboxylic acids is 1. The molecule has 0 saturated heterocycles. The van der Waals surface area contributed by atoms with Crippen molar-refractivity contribution in [2.24, 2.45) is 7.05 Å². The Bertz CT molecular complexity index is 433. The average Bonchev–Trinajstić information content (AvgIpc) is 2.81. The van der Waals surface area contributed by atoms with Gasteiger partial charge < -0.3 is 14.6 Å². The molecule has 0 amide bonds. The van der Waals surface area contributed by atoms with E-state index in [0.29, 0.717) is 6.42 Å². The number of aromatic nitrogens is 2. The van der Waals surface area contributed by atoms with Crippen molar-refractivity contribution in [3.05, 3.63) is 18.2 Å². The Kier molecular flexibility index (Phi) is 6.16. The number of aryl methyl sites for hydroxylation is 1. The van der Waals surface area contributed by atoms with E-state index in [4.69, 9.17) is 4.74 Å². The molecule has 1 rings (SSSR count). The number of carbonyl (C=O) groups is 1. The lowest BCUT2D eigenvalue weighted by atomic mass is 9.97. The van der Waals surface area contributed by atoms with E-state index in [0.717, 1.165) is 25.5 Å². The predicted octanol–water partition coefficient (Wildman–Crippen LogP) is 0.783. The molecule has 0 radical (unpaired) electrons. The van der Waals surface area contributed by atoms with E-state index >= 15 is 0 Å². The zero-order valence-corrected chi connectivity index (χ0v) is 13.1. The van der Waals surface area contributed by atoms with Crippen molar-refractivity contribution in [2.75, 3.05) is 27.2 Å². The minimum atomic E-state index is -0.639. The number of methoxy groups -OCH3 is 1. The van der Waals surface area contributed by atoms with Crippen molar-refractivity contribution in [1.29, 1.82) is 0 Å². The average molecular weight is 282 g/mol. The van der Waals surface area contributed by atoms with Gasteiger partial charge >= 0.3 is 5.97 Å². The molecular weight excluding hydrogens is 256 g/mol. The first kappa shape index (κ1) is 16.7. The number of nitrogens with one attached hydrogen (secondary N) is 1. The number of hydrogen-bond donors (Lipinski definition) is 1. The van der Waals surface area contributed by atoms with Crippen LogP contribution in [0.3, 0.4) is 0 Å². The molecule has 1 N–H and O–H groups in total. The van der Waals surface area contributed by atoms with Crippen LogP contribution >= 0.6 is 0 Å². The predicted molar refractivity (Wildman–Crippen MR) is 78.3 cm³/mol. The second kappa shape index (κ2) is 7.40. The molecule has 0 spiro atoms. The van der Waals surface area contributed by atoms with Gasteiger partial charge in [0.2, 0.25) is 0 Å². The third kappa shape index (κ3) is 4.31. The monoisotopic (exact) mass is 282 g/mol. The topological polar surface area (TPSA) is 59.4 Å². The fourth-order valence-electron chi connectivity index (χ4n) is 2.16. The normalized spacial score (nSPS) is 14.3. The van der Waals surface area contributed by atoms with E-state index in [-0.39, 0.29) is 5.97 Å². The van der Waals surface area contributed by atoms with E-state index < -0.39 is 5.54 Å². The van der Waals surface area contributed by atoms with Gasteiger partial charge in [-0.3, -0.25) is 9.69 Å². The van der Waals surface area contributed by atoms with Crippen LogP contribution in [0.2, 0.25) is 0 Å². The number of esters is 1. The summed E-state index contributed by atoms with van der Waals surface area (Å²) in [6, 6.07) is 0. The van der Waals surface area contributed by atoms with Crippen LogP contribution in [0, 0.1) is 0 Å². The first-order valence-electron chi connectivity index (χ1n) is 6.91. The van der Waals surface area contributed by atoms with Crippen molar-refractivity contribution in [3.8, 4) is 0 Å². The second-order valence-electron chi connectivity index (χ2n) is 5.30. The number of ether oxygens (including phenoxy) is 1. The maximum Gasteiger partial charge on any atom is 0.325 e. The maximum absolute atomic E-state index is 11.9. The van der Waals surface area contributed by atoms with Gasteiger partial charge in [-0.05, 0) is 26.9 Å². The van der Waals surface area contributed by atoms with Gasteiger partial charge in [-0.1, -0.05) is 6.92 Å². The van der Waals surface area contributed by atoms with Crippen molar-refractivity contribution >= 4 is 5.97 Å². The molecule has 1 aromatic rings. The molecule has 0 aliphatic carbocycles. The molecule has 6 heteroatoms. The zero-order valence-electron chi connectivity index (χ0n) is 13.1. The summed E-state index contributed by atoms with van der Waals surface area (Å²) < 4.78 is 6.89. The fourth-order valence-corrected chi connectivity index (χ4v) is 2.16. The standard InChI is InChI=1S/C14H26N4O2/c1-6-16-14(2,13(19)20-5)7-9-17(3)11-12-15-8-10-18(12)4/h8,10,16H,6-7,9,11H2,1-5H3. The molecule has 1 atom stereocenters. The smallest absolute Gasteiger partial charge is 0.325 e. The largest absolute Gasteiger partial charge is 0.468 e. The first-order valence-corrected chi connectivity index (χ1v) is 6.91. The van der Waals surface area contributed by atoms with Crippen LogP contribution in [0.15, 0.2) is 12.4 Å². The van der Waals surface area contributed by atoms with Gasteiger partial charge in [0.1, 0.15) is 11.4 Å². The molecule has 0 fully saturated rings. The summed E-state index contributed by atoms with van der Waals surface area (Å²) in [6.45, 7) is 6.14. The summed E-state index contributed by atoms with van der Waals surface area (Å²) >= 11 is 0. The van der Waals surface area contributed by atoms with Crippen LogP contribution in [0.25, 0.3) is 0 Å². The van der Waals surface area contributed by atoms with Gasteiger partial charge in [-0.15, -0.1) is 0 Å². The van der Waals surface area contributed by atoms with Gasteiger partial charge in [-0.2, -0.15) is 0 Å². The molecule has 6 nitrogen and oxygen atoms in total. The van der Waals surface area contributed by atoms with Crippen molar-refractivity contribution < 1.29 is 9.53 Å². The highest BCUT2D eigenvalue weighted by Crippen LogP contribution is 2.13. The lowest BCUT2D eigenvalue weighted by Gasteiger charge is -2.29. The Balaban J connectivity index is 2.54. The van der Waals surface area contributed by atoms with E-state index in [1.807, 2.05) is 38.7 Å². The number of likely N-dealkylation sites (N-methyl/N-ethyl adjacent to an activating group) is 1. The van der Waals surface area contributed by atoms with Crippen molar-refractivity contribution in [2.45, 2.75) is 32.4 Å². The van der Waals surface area contributed by atoms with Crippen LogP contribution in [0.5, 0.6) is 0 Å². The molecule has 114 valence electrons. The van der Waals surface area contributed by atoms with Gasteiger partial charge in [0.25, 0.3) is 0 Å². The third-order valence-electron chi connectivity index (χ3n) is 3.53. The lowest BCUT2D eigenvalue weighted by Crippen LogP contribution is -2.51. The highest BCUT2D eigenvalue weighted by Gasteiger charge is 2.33. The Hall–Kier alpha value is -1.40.